The Morgan fingerprint density at radius 3 is 2.46 bits per heavy atom. The van der Waals surface area contributed by atoms with Crippen LogP contribution >= 0.6 is 0 Å². The molecule has 70 valence electrons. The Labute approximate surface area is 75.6 Å². The van der Waals surface area contributed by atoms with Gasteiger partial charge < -0.3 is 5.73 Å². The van der Waals surface area contributed by atoms with Gasteiger partial charge in [0.05, 0.1) is 0 Å². The molecular formula is C10H11F2N. The Balaban J connectivity index is 2.56. The Kier molecular flexibility index (Phi) is 1.67. The van der Waals surface area contributed by atoms with E-state index in [0.29, 0.717) is 11.1 Å². The second-order valence-corrected chi connectivity index (χ2v) is 3.74. The molecule has 0 saturated heterocycles. The molecule has 0 unspecified atom stereocenters. The molecule has 0 bridgehead atoms. The van der Waals surface area contributed by atoms with E-state index in [4.69, 9.17) is 5.73 Å². The molecule has 2 N–H and O–H groups in total. The number of hydrogen-bond acceptors (Lipinski definition) is 1. The third kappa shape index (κ3) is 1.33. The summed E-state index contributed by atoms with van der Waals surface area (Å²) in [6.07, 6.45) is 1.49. The maximum atomic E-state index is 13.5. The average molecular weight is 183 g/mol. The highest BCUT2D eigenvalue weighted by Gasteiger charge is 2.42. The summed E-state index contributed by atoms with van der Waals surface area (Å²) in [5, 5.41) is 0. The third-order valence-corrected chi connectivity index (χ3v) is 2.54. The maximum absolute atomic E-state index is 13.5. The molecule has 0 spiro atoms. The van der Waals surface area contributed by atoms with Crippen molar-refractivity contribution in [1.29, 1.82) is 0 Å². The number of halogens is 2. The molecule has 0 amide bonds. The fourth-order valence-electron chi connectivity index (χ4n) is 1.49. The quantitative estimate of drug-likeness (QED) is 0.709. The van der Waals surface area contributed by atoms with Gasteiger partial charge in [-0.2, -0.15) is 0 Å². The Bertz CT molecular complexity index is 356. The van der Waals surface area contributed by atoms with Crippen LogP contribution in [0.5, 0.6) is 0 Å². The Hall–Kier alpha value is -0.960. The van der Waals surface area contributed by atoms with Crippen LogP contribution in [0.2, 0.25) is 0 Å². The molecule has 0 aromatic heterocycles. The van der Waals surface area contributed by atoms with Crippen molar-refractivity contribution in [2.75, 3.05) is 0 Å². The number of rotatable bonds is 1. The van der Waals surface area contributed by atoms with Gasteiger partial charge in [-0.15, -0.1) is 0 Å². The first-order valence-corrected chi connectivity index (χ1v) is 4.28. The summed E-state index contributed by atoms with van der Waals surface area (Å²) >= 11 is 0. The van der Waals surface area contributed by atoms with E-state index in [-0.39, 0.29) is 5.82 Å². The monoisotopic (exact) mass is 183 g/mol. The smallest absolute Gasteiger partial charge is 0.131 e. The molecule has 1 saturated carbocycles. The Morgan fingerprint density at radius 2 is 1.92 bits per heavy atom. The number of nitrogens with two attached hydrogens (primary N) is 1. The fraction of sp³-hybridized carbons (Fsp3) is 0.400. The Morgan fingerprint density at radius 1 is 1.31 bits per heavy atom. The lowest BCUT2D eigenvalue weighted by molar-refractivity contribution is 0.551. The molecule has 2 rings (SSSR count). The highest BCUT2D eigenvalue weighted by Crippen LogP contribution is 2.44. The highest BCUT2D eigenvalue weighted by atomic mass is 19.1. The van der Waals surface area contributed by atoms with Crippen LogP contribution in [0.1, 0.15) is 24.0 Å². The van der Waals surface area contributed by atoms with E-state index >= 15 is 0 Å². The van der Waals surface area contributed by atoms with Gasteiger partial charge in [-0.3, -0.25) is 0 Å². The molecule has 1 aromatic carbocycles. The molecule has 3 heteroatoms. The SMILES string of the molecule is Cc1cc(F)cc(C2(N)CC2)c1F. The molecule has 1 fully saturated rings. The van der Waals surface area contributed by atoms with Crippen molar-refractivity contribution in [1.82, 2.24) is 0 Å². The largest absolute Gasteiger partial charge is 0.321 e. The van der Waals surface area contributed by atoms with E-state index < -0.39 is 11.4 Å². The van der Waals surface area contributed by atoms with E-state index in [1.807, 2.05) is 0 Å². The van der Waals surface area contributed by atoms with E-state index in [2.05, 4.69) is 0 Å². The van der Waals surface area contributed by atoms with Gasteiger partial charge in [0, 0.05) is 11.1 Å². The van der Waals surface area contributed by atoms with Crippen molar-refractivity contribution in [2.24, 2.45) is 5.73 Å². The third-order valence-electron chi connectivity index (χ3n) is 2.54. The molecule has 0 aliphatic heterocycles. The second kappa shape index (κ2) is 2.51. The summed E-state index contributed by atoms with van der Waals surface area (Å²) in [4.78, 5) is 0. The zero-order valence-corrected chi connectivity index (χ0v) is 7.40. The first-order chi connectivity index (χ1) is 6.03. The zero-order chi connectivity index (χ0) is 9.64. The number of aryl methyl sites for hydroxylation is 1. The van der Waals surface area contributed by atoms with Crippen LogP contribution in [0.25, 0.3) is 0 Å². The molecule has 0 heterocycles. The standard InChI is InChI=1S/C10H11F2N/c1-6-4-7(11)5-8(9(6)12)10(13)2-3-10/h4-5H,2-3,13H2,1H3. The van der Waals surface area contributed by atoms with Crippen LogP contribution < -0.4 is 5.73 Å². The van der Waals surface area contributed by atoms with Gasteiger partial charge in [0.1, 0.15) is 11.6 Å². The summed E-state index contributed by atoms with van der Waals surface area (Å²) in [7, 11) is 0. The van der Waals surface area contributed by atoms with Crippen LogP contribution in [-0.2, 0) is 5.54 Å². The minimum Gasteiger partial charge on any atom is -0.321 e. The summed E-state index contributed by atoms with van der Waals surface area (Å²) in [6, 6.07) is 2.39. The molecule has 1 aromatic rings. The molecule has 13 heavy (non-hydrogen) atoms. The van der Waals surface area contributed by atoms with Crippen molar-refractivity contribution in [2.45, 2.75) is 25.3 Å². The molecule has 0 atom stereocenters. The van der Waals surface area contributed by atoms with E-state index in [0.717, 1.165) is 12.8 Å². The van der Waals surface area contributed by atoms with Crippen LogP contribution in [0.15, 0.2) is 12.1 Å². The normalized spacial score (nSPS) is 18.8. The van der Waals surface area contributed by atoms with Crippen molar-refractivity contribution in [3.05, 3.63) is 34.9 Å². The second-order valence-electron chi connectivity index (χ2n) is 3.74. The molecule has 1 aliphatic carbocycles. The number of benzene rings is 1. The maximum Gasteiger partial charge on any atom is 0.131 e. The van der Waals surface area contributed by atoms with Gasteiger partial charge in [0.2, 0.25) is 0 Å². The van der Waals surface area contributed by atoms with Gasteiger partial charge in [-0.25, -0.2) is 8.78 Å². The first-order valence-electron chi connectivity index (χ1n) is 4.28. The predicted octanol–water partition coefficient (Wildman–Crippen LogP) is 2.22. The molecule has 1 aliphatic rings. The van der Waals surface area contributed by atoms with Crippen LogP contribution in [0, 0.1) is 18.6 Å². The van der Waals surface area contributed by atoms with Gasteiger partial charge in [0.25, 0.3) is 0 Å². The van der Waals surface area contributed by atoms with Gasteiger partial charge in [-0.05, 0) is 37.5 Å². The van der Waals surface area contributed by atoms with Crippen molar-refractivity contribution < 1.29 is 8.78 Å². The first kappa shape index (κ1) is 8.63. The molecule has 1 nitrogen and oxygen atoms in total. The fourth-order valence-corrected chi connectivity index (χ4v) is 1.49. The summed E-state index contributed by atoms with van der Waals surface area (Å²) in [6.45, 7) is 1.55. The summed E-state index contributed by atoms with van der Waals surface area (Å²) < 4.78 is 26.4. The average Bonchev–Trinajstić information content (AvgIpc) is 2.77. The topological polar surface area (TPSA) is 26.0 Å². The van der Waals surface area contributed by atoms with Crippen molar-refractivity contribution in [3.63, 3.8) is 0 Å². The van der Waals surface area contributed by atoms with Gasteiger partial charge in [-0.1, -0.05) is 0 Å². The van der Waals surface area contributed by atoms with Crippen LogP contribution in [0.3, 0.4) is 0 Å². The highest BCUT2D eigenvalue weighted by molar-refractivity contribution is 5.35. The predicted molar refractivity (Wildman–Crippen MR) is 46.2 cm³/mol. The minimum atomic E-state index is -0.600. The van der Waals surface area contributed by atoms with Gasteiger partial charge in [0.15, 0.2) is 0 Å². The van der Waals surface area contributed by atoms with Crippen LogP contribution in [-0.4, -0.2) is 0 Å². The van der Waals surface area contributed by atoms with E-state index in [1.54, 1.807) is 6.92 Å². The lowest BCUT2D eigenvalue weighted by Gasteiger charge is -2.11. The minimum absolute atomic E-state index is 0.324. The summed E-state index contributed by atoms with van der Waals surface area (Å²) in [5.41, 5.74) is 5.85. The van der Waals surface area contributed by atoms with E-state index in [9.17, 15) is 8.78 Å². The lowest BCUT2D eigenvalue weighted by atomic mass is 10.0. The van der Waals surface area contributed by atoms with E-state index in [1.165, 1.54) is 12.1 Å². The lowest BCUT2D eigenvalue weighted by Crippen LogP contribution is -2.21. The molecular weight excluding hydrogens is 172 g/mol. The zero-order valence-electron chi connectivity index (χ0n) is 7.40. The van der Waals surface area contributed by atoms with Crippen molar-refractivity contribution in [3.8, 4) is 0 Å². The van der Waals surface area contributed by atoms with Gasteiger partial charge >= 0.3 is 0 Å². The van der Waals surface area contributed by atoms with Crippen LogP contribution in [0.4, 0.5) is 8.78 Å². The number of hydrogen-bond donors (Lipinski definition) is 1. The summed E-state index contributed by atoms with van der Waals surface area (Å²) in [5.74, 6) is -0.771. The van der Waals surface area contributed by atoms with Crippen molar-refractivity contribution >= 4 is 0 Å². The molecule has 0 radical (unpaired) electrons.